The van der Waals surface area contributed by atoms with Crippen LogP contribution in [0.3, 0.4) is 0 Å². The third-order valence-corrected chi connectivity index (χ3v) is 5.79. The van der Waals surface area contributed by atoms with Gasteiger partial charge in [-0.15, -0.1) is 0 Å². The van der Waals surface area contributed by atoms with Crippen LogP contribution in [0.25, 0.3) is 0 Å². The van der Waals surface area contributed by atoms with Crippen molar-refractivity contribution < 1.29 is 29.1 Å². The van der Waals surface area contributed by atoms with E-state index in [1.165, 1.54) is 13.8 Å². The number of benzene rings is 1. The molecule has 0 radical (unpaired) electrons. The number of hydrogen-bond donors (Lipinski definition) is 7. The lowest BCUT2D eigenvalue weighted by molar-refractivity contribution is -0.135. The molecule has 4 amide bonds. The molecule has 39 heavy (non-hydrogen) atoms. The van der Waals surface area contributed by atoms with Gasteiger partial charge in [0.1, 0.15) is 18.1 Å². The first-order chi connectivity index (χ1) is 18.3. The predicted octanol–water partition coefficient (Wildman–Crippen LogP) is -1.52. The van der Waals surface area contributed by atoms with Crippen LogP contribution in [0.2, 0.25) is 0 Å². The van der Waals surface area contributed by atoms with Gasteiger partial charge in [-0.25, -0.2) is 0 Å². The minimum absolute atomic E-state index is 0.0933. The van der Waals surface area contributed by atoms with E-state index < -0.39 is 60.3 Å². The fraction of sp³-hybridized carbons (Fsp3) is 0.538. The average Bonchev–Trinajstić information content (AvgIpc) is 2.86. The largest absolute Gasteiger partial charge is 0.394 e. The van der Waals surface area contributed by atoms with Crippen molar-refractivity contribution in [1.82, 2.24) is 21.3 Å². The van der Waals surface area contributed by atoms with Crippen molar-refractivity contribution in [1.29, 1.82) is 0 Å². The maximum Gasteiger partial charge on any atom is 0.245 e. The lowest BCUT2D eigenvalue weighted by Gasteiger charge is -2.27. The van der Waals surface area contributed by atoms with Gasteiger partial charge in [-0.3, -0.25) is 29.0 Å². The summed E-state index contributed by atoms with van der Waals surface area (Å²) >= 11 is 0. The topological polar surface area (TPSA) is 218 Å². The van der Waals surface area contributed by atoms with E-state index in [2.05, 4.69) is 26.3 Å². The summed E-state index contributed by atoms with van der Waals surface area (Å²) in [5.74, 6) is -3.28. The van der Waals surface area contributed by atoms with E-state index in [4.69, 9.17) is 11.5 Å². The molecule has 0 saturated heterocycles. The summed E-state index contributed by atoms with van der Waals surface area (Å²) in [4.78, 5) is 66.5. The summed E-state index contributed by atoms with van der Waals surface area (Å²) in [6.07, 6.45) is 0.846. The van der Waals surface area contributed by atoms with Crippen molar-refractivity contribution in [3.05, 3.63) is 35.9 Å². The zero-order valence-electron chi connectivity index (χ0n) is 22.9. The SMILES string of the molecule is CC(=O)N[C@@H](CCCN=C(N)N)C(=O)N[C@H](C(=O)N[C@@H](CO)C(=O)N[C@@H](Cc1ccccc1)C(C)=O)C(C)C. The Bertz CT molecular complexity index is 1010. The maximum absolute atomic E-state index is 13.1. The first kappa shape index (κ1) is 33.0. The molecule has 13 heteroatoms. The van der Waals surface area contributed by atoms with Crippen LogP contribution in [0.4, 0.5) is 0 Å². The summed E-state index contributed by atoms with van der Waals surface area (Å²) < 4.78 is 0. The molecule has 0 aromatic heterocycles. The average molecular weight is 548 g/mol. The van der Waals surface area contributed by atoms with E-state index in [1.807, 2.05) is 30.3 Å². The summed E-state index contributed by atoms with van der Waals surface area (Å²) in [7, 11) is 0. The fourth-order valence-corrected chi connectivity index (χ4v) is 3.68. The summed E-state index contributed by atoms with van der Waals surface area (Å²) in [5.41, 5.74) is 11.4. The number of nitrogens with two attached hydrogens (primary N) is 2. The maximum atomic E-state index is 13.1. The van der Waals surface area contributed by atoms with Gasteiger partial charge in [0.15, 0.2) is 11.7 Å². The molecule has 0 heterocycles. The number of carbonyl (C=O) groups excluding carboxylic acids is 5. The molecule has 0 bridgehead atoms. The van der Waals surface area contributed by atoms with E-state index in [-0.39, 0.29) is 31.1 Å². The standard InChI is InChI=1S/C26H41N7O6/c1-15(2)22(33-23(37)19(30-17(4)36)11-8-12-29-26(27)28)25(39)32-21(14-34)24(38)31-20(16(3)35)13-18-9-6-5-7-10-18/h5-7,9-10,15,19-22,34H,8,11-14H2,1-4H3,(H,30,36)(H,31,38)(H,32,39)(H,33,37)(H4,27,28,29)/t19-,20-,21-,22-/m0/s1. The van der Waals surface area contributed by atoms with E-state index in [9.17, 15) is 29.1 Å². The number of guanidine groups is 1. The molecule has 0 unspecified atom stereocenters. The first-order valence-electron chi connectivity index (χ1n) is 12.7. The summed E-state index contributed by atoms with van der Waals surface area (Å²) in [6, 6.07) is 4.84. The highest BCUT2D eigenvalue weighted by atomic mass is 16.3. The molecule has 4 atom stereocenters. The molecule has 0 fully saturated rings. The molecule has 0 aliphatic heterocycles. The van der Waals surface area contributed by atoms with Crippen molar-refractivity contribution in [2.45, 2.75) is 71.1 Å². The fourth-order valence-electron chi connectivity index (χ4n) is 3.68. The van der Waals surface area contributed by atoms with Gasteiger partial charge in [0.2, 0.25) is 23.6 Å². The van der Waals surface area contributed by atoms with Crippen molar-refractivity contribution in [2.24, 2.45) is 22.4 Å². The molecule has 9 N–H and O–H groups in total. The number of rotatable bonds is 16. The number of nitrogens with zero attached hydrogens (tertiary/aromatic N) is 1. The lowest BCUT2D eigenvalue weighted by atomic mass is 10.0. The van der Waals surface area contributed by atoms with Gasteiger partial charge < -0.3 is 37.8 Å². The Kier molecular flexibility index (Phi) is 14.2. The zero-order chi connectivity index (χ0) is 29.5. The smallest absolute Gasteiger partial charge is 0.245 e. The summed E-state index contributed by atoms with van der Waals surface area (Å²) in [5, 5.41) is 20.0. The van der Waals surface area contributed by atoms with E-state index in [1.54, 1.807) is 13.8 Å². The highest BCUT2D eigenvalue weighted by Crippen LogP contribution is 2.07. The van der Waals surface area contributed by atoms with Crippen molar-refractivity contribution in [3.8, 4) is 0 Å². The van der Waals surface area contributed by atoms with Gasteiger partial charge in [0, 0.05) is 13.5 Å². The highest BCUT2D eigenvalue weighted by Gasteiger charge is 2.31. The molecule has 216 valence electrons. The van der Waals surface area contributed by atoms with Crippen LogP contribution in [0.15, 0.2) is 35.3 Å². The van der Waals surface area contributed by atoms with Crippen LogP contribution in [-0.2, 0) is 30.4 Å². The number of carbonyl (C=O) groups is 5. The number of aliphatic imine (C=N–C) groups is 1. The van der Waals surface area contributed by atoms with Crippen molar-refractivity contribution >= 4 is 35.4 Å². The number of nitrogens with one attached hydrogen (secondary N) is 4. The second-order valence-corrected chi connectivity index (χ2v) is 9.54. The van der Waals surface area contributed by atoms with Crippen LogP contribution in [0, 0.1) is 5.92 Å². The predicted molar refractivity (Wildman–Crippen MR) is 146 cm³/mol. The Morgan fingerprint density at radius 2 is 1.44 bits per heavy atom. The third-order valence-electron chi connectivity index (χ3n) is 5.79. The molecular weight excluding hydrogens is 506 g/mol. The lowest BCUT2D eigenvalue weighted by Crippen LogP contribution is -2.59. The Labute approximate surface area is 228 Å². The van der Waals surface area contributed by atoms with Crippen LogP contribution in [0.1, 0.15) is 46.1 Å². The molecule has 1 aromatic carbocycles. The van der Waals surface area contributed by atoms with Crippen molar-refractivity contribution in [2.75, 3.05) is 13.2 Å². The van der Waals surface area contributed by atoms with Crippen molar-refractivity contribution in [3.63, 3.8) is 0 Å². The molecular formula is C26H41N7O6. The van der Waals surface area contributed by atoms with Gasteiger partial charge in [-0.1, -0.05) is 44.2 Å². The van der Waals surface area contributed by atoms with Crippen LogP contribution in [-0.4, -0.2) is 77.8 Å². The van der Waals surface area contributed by atoms with E-state index >= 15 is 0 Å². The minimum atomic E-state index is -1.36. The van der Waals surface area contributed by atoms with Crippen LogP contribution in [0.5, 0.6) is 0 Å². The molecule has 0 aliphatic rings. The monoisotopic (exact) mass is 547 g/mol. The third kappa shape index (κ3) is 12.4. The zero-order valence-corrected chi connectivity index (χ0v) is 22.9. The Morgan fingerprint density at radius 1 is 0.846 bits per heavy atom. The second-order valence-electron chi connectivity index (χ2n) is 9.54. The Morgan fingerprint density at radius 3 is 1.95 bits per heavy atom. The Balaban J connectivity index is 2.89. The van der Waals surface area contributed by atoms with Gasteiger partial charge in [0.25, 0.3) is 0 Å². The highest BCUT2D eigenvalue weighted by molar-refractivity contribution is 5.95. The molecule has 1 rings (SSSR count). The molecule has 0 spiro atoms. The first-order valence-corrected chi connectivity index (χ1v) is 12.7. The van der Waals surface area contributed by atoms with Crippen LogP contribution < -0.4 is 32.7 Å². The van der Waals surface area contributed by atoms with Crippen LogP contribution >= 0.6 is 0 Å². The molecule has 1 aromatic rings. The molecule has 0 aliphatic carbocycles. The second kappa shape index (κ2) is 16.8. The number of aliphatic hydroxyl groups excluding tert-OH is 1. The van der Waals surface area contributed by atoms with E-state index in [0.29, 0.717) is 6.42 Å². The Hall–Kier alpha value is -4.00. The number of aliphatic hydroxyl groups is 1. The number of hydrogen-bond acceptors (Lipinski definition) is 7. The molecule has 0 saturated carbocycles. The number of amides is 4. The number of ketones is 1. The number of Topliss-reactive ketones (excluding diaryl/α,β-unsaturated/α-hetero) is 1. The van der Waals surface area contributed by atoms with Gasteiger partial charge in [-0.2, -0.15) is 0 Å². The van der Waals surface area contributed by atoms with E-state index in [0.717, 1.165) is 5.56 Å². The normalized spacial score (nSPS) is 13.8. The van der Waals surface area contributed by atoms with Gasteiger partial charge >= 0.3 is 0 Å². The summed E-state index contributed by atoms with van der Waals surface area (Å²) in [6.45, 7) is 5.50. The van der Waals surface area contributed by atoms with Gasteiger partial charge in [0.05, 0.1) is 12.6 Å². The minimum Gasteiger partial charge on any atom is -0.394 e. The quantitative estimate of drug-likeness (QED) is 0.0730. The van der Waals surface area contributed by atoms with Gasteiger partial charge in [-0.05, 0) is 37.7 Å². The molecule has 13 nitrogen and oxygen atoms in total.